The monoisotopic (exact) mass is 299 g/mol. The first-order valence-corrected chi connectivity index (χ1v) is 7.12. The van der Waals surface area contributed by atoms with Gasteiger partial charge in [-0.3, -0.25) is 9.69 Å². The summed E-state index contributed by atoms with van der Waals surface area (Å²) in [6.45, 7) is 5.61. The van der Waals surface area contributed by atoms with Crippen LogP contribution in [0.3, 0.4) is 0 Å². The first-order valence-electron chi connectivity index (χ1n) is 6.74. The highest BCUT2D eigenvalue weighted by atomic mass is 35.5. The molecule has 1 aromatic carbocycles. The lowest BCUT2D eigenvalue weighted by atomic mass is 9.76. The van der Waals surface area contributed by atoms with Crippen LogP contribution in [0.15, 0.2) is 18.2 Å². The summed E-state index contributed by atoms with van der Waals surface area (Å²) in [6.07, 6.45) is 0.628. The van der Waals surface area contributed by atoms with Crippen molar-refractivity contribution < 1.29 is 14.3 Å². The number of aliphatic carboxylic acids is 1. The van der Waals surface area contributed by atoms with E-state index in [0.717, 1.165) is 5.56 Å². The third-order valence-electron chi connectivity index (χ3n) is 4.24. The molecule has 20 heavy (non-hydrogen) atoms. The largest absolute Gasteiger partial charge is 0.481 e. The van der Waals surface area contributed by atoms with Gasteiger partial charge in [0.1, 0.15) is 5.82 Å². The Morgan fingerprint density at radius 2 is 2.20 bits per heavy atom. The molecule has 1 aromatic rings. The third kappa shape index (κ3) is 2.96. The number of carbonyl (C=O) groups is 1. The minimum atomic E-state index is -0.743. The third-order valence-corrected chi connectivity index (χ3v) is 4.46. The lowest BCUT2D eigenvalue weighted by molar-refractivity contribution is -0.151. The van der Waals surface area contributed by atoms with Crippen molar-refractivity contribution in [1.29, 1.82) is 0 Å². The number of halogens is 2. The van der Waals surface area contributed by atoms with Gasteiger partial charge in [-0.2, -0.15) is 0 Å². The molecular weight excluding hydrogens is 281 g/mol. The number of benzene rings is 1. The van der Waals surface area contributed by atoms with E-state index < -0.39 is 11.4 Å². The Bertz CT molecular complexity index is 500. The molecular formula is C15H19ClFNO2. The van der Waals surface area contributed by atoms with Crippen LogP contribution >= 0.6 is 11.6 Å². The number of carboxylic acids is 1. The maximum Gasteiger partial charge on any atom is 0.311 e. The van der Waals surface area contributed by atoms with Gasteiger partial charge >= 0.3 is 5.97 Å². The molecule has 0 spiro atoms. The van der Waals surface area contributed by atoms with E-state index in [-0.39, 0.29) is 11.7 Å². The molecule has 1 heterocycles. The molecule has 0 amide bonds. The van der Waals surface area contributed by atoms with Crippen LogP contribution in [0.2, 0.25) is 5.02 Å². The Labute approximate surface area is 123 Å². The van der Waals surface area contributed by atoms with Gasteiger partial charge in [-0.15, -0.1) is 0 Å². The predicted molar refractivity (Wildman–Crippen MR) is 76.2 cm³/mol. The lowest BCUT2D eigenvalue weighted by Crippen LogP contribution is -2.39. The molecule has 0 radical (unpaired) electrons. The molecule has 1 fully saturated rings. The van der Waals surface area contributed by atoms with Crippen molar-refractivity contribution in [2.45, 2.75) is 26.8 Å². The minimum Gasteiger partial charge on any atom is -0.481 e. The average Bonchev–Trinajstić information content (AvgIpc) is 2.72. The van der Waals surface area contributed by atoms with Gasteiger partial charge in [0, 0.05) is 18.1 Å². The van der Waals surface area contributed by atoms with E-state index in [1.165, 1.54) is 12.1 Å². The average molecular weight is 300 g/mol. The van der Waals surface area contributed by atoms with Gasteiger partial charge in [0.05, 0.1) is 5.41 Å². The van der Waals surface area contributed by atoms with Crippen LogP contribution in [0, 0.1) is 17.2 Å². The summed E-state index contributed by atoms with van der Waals surface area (Å²) in [7, 11) is 0. The Morgan fingerprint density at radius 3 is 2.70 bits per heavy atom. The normalized spacial score (nSPS) is 23.4. The molecule has 5 heteroatoms. The van der Waals surface area contributed by atoms with Crippen molar-refractivity contribution in [3.05, 3.63) is 34.6 Å². The Morgan fingerprint density at radius 1 is 1.50 bits per heavy atom. The number of hydrogen-bond donors (Lipinski definition) is 1. The maximum absolute atomic E-state index is 13.3. The fourth-order valence-electron chi connectivity index (χ4n) is 2.90. The summed E-state index contributed by atoms with van der Waals surface area (Å²) in [6, 6.07) is 4.44. The molecule has 0 bridgehead atoms. The van der Waals surface area contributed by atoms with E-state index in [1.807, 2.05) is 13.8 Å². The van der Waals surface area contributed by atoms with Crippen molar-refractivity contribution in [2.24, 2.45) is 11.3 Å². The Kier molecular flexibility index (Phi) is 4.35. The first kappa shape index (κ1) is 15.3. The maximum atomic E-state index is 13.3. The highest BCUT2D eigenvalue weighted by Gasteiger charge is 2.47. The molecule has 1 saturated heterocycles. The standard InChI is InChI=1S/C15H19ClFNO2/c1-10(2)15(14(19)20)3-4-18(9-15)8-11-5-12(16)7-13(17)6-11/h5-7,10H,3-4,8-9H2,1-2H3,(H,19,20). The predicted octanol–water partition coefficient (Wildman–Crippen LogP) is 3.41. The summed E-state index contributed by atoms with van der Waals surface area (Å²) in [5.41, 5.74) is 0.0804. The molecule has 110 valence electrons. The Balaban J connectivity index is 2.11. The van der Waals surface area contributed by atoms with Crippen LogP contribution in [0.4, 0.5) is 4.39 Å². The highest BCUT2D eigenvalue weighted by Crippen LogP contribution is 2.38. The number of nitrogens with zero attached hydrogens (tertiary/aromatic N) is 1. The van der Waals surface area contributed by atoms with Crippen LogP contribution in [-0.4, -0.2) is 29.1 Å². The second kappa shape index (κ2) is 5.70. The van der Waals surface area contributed by atoms with E-state index in [4.69, 9.17) is 11.6 Å². The van der Waals surface area contributed by atoms with E-state index >= 15 is 0 Å². The number of rotatable bonds is 4. The summed E-state index contributed by atoms with van der Waals surface area (Å²) >= 11 is 5.84. The molecule has 2 rings (SSSR count). The second-order valence-electron chi connectivity index (χ2n) is 5.85. The summed E-state index contributed by atoms with van der Waals surface area (Å²) in [4.78, 5) is 13.6. The van der Waals surface area contributed by atoms with Crippen LogP contribution < -0.4 is 0 Å². The van der Waals surface area contributed by atoms with Gasteiger partial charge in [0.25, 0.3) is 0 Å². The second-order valence-corrected chi connectivity index (χ2v) is 6.29. The van der Waals surface area contributed by atoms with Gasteiger partial charge in [0.2, 0.25) is 0 Å². The zero-order chi connectivity index (χ0) is 14.9. The van der Waals surface area contributed by atoms with Crippen molar-refractivity contribution in [3.63, 3.8) is 0 Å². The van der Waals surface area contributed by atoms with Crippen LogP contribution in [-0.2, 0) is 11.3 Å². The zero-order valence-corrected chi connectivity index (χ0v) is 12.5. The van der Waals surface area contributed by atoms with Crippen molar-refractivity contribution >= 4 is 17.6 Å². The Hall–Kier alpha value is -1.13. The highest BCUT2D eigenvalue weighted by molar-refractivity contribution is 6.30. The van der Waals surface area contributed by atoms with Gasteiger partial charge in [-0.05, 0) is 42.6 Å². The zero-order valence-electron chi connectivity index (χ0n) is 11.7. The number of likely N-dealkylation sites (tertiary alicyclic amines) is 1. The summed E-state index contributed by atoms with van der Waals surface area (Å²) in [5.74, 6) is -1.03. The fraction of sp³-hybridized carbons (Fsp3) is 0.533. The van der Waals surface area contributed by atoms with Gasteiger partial charge in [0.15, 0.2) is 0 Å². The van der Waals surface area contributed by atoms with Gasteiger partial charge < -0.3 is 5.11 Å². The molecule has 3 nitrogen and oxygen atoms in total. The molecule has 1 aliphatic rings. The lowest BCUT2D eigenvalue weighted by Gasteiger charge is -2.28. The van der Waals surface area contributed by atoms with E-state index in [2.05, 4.69) is 4.90 Å². The van der Waals surface area contributed by atoms with Crippen molar-refractivity contribution in [2.75, 3.05) is 13.1 Å². The van der Waals surface area contributed by atoms with Crippen LogP contribution in [0.5, 0.6) is 0 Å². The SMILES string of the molecule is CC(C)C1(C(=O)O)CCN(Cc2cc(F)cc(Cl)c2)C1. The van der Waals surface area contributed by atoms with Gasteiger partial charge in [-0.25, -0.2) is 4.39 Å². The van der Waals surface area contributed by atoms with E-state index in [1.54, 1.807) is 6.07 Å². The molecule has 0 aromatic heterocycles. The molecule has 0 aliphatic carbocycles. The number of carboxylic acid groups (broad SMARTS) is 1. The van der Waals surface area contributed by atoms with Crippen molar-refractivity contribution in [1.82, 2.24) is 4.90 Å². The van der Waals surface area contributed by atoms with E-state index in [9.17, 15) is 14.3 Å². The minimum absolute atomic E-state index is 0.0705. The molecule has 1 aliphatic heterocycles. The van der Waals surface area contributed by atoms with Crippen molar-refractivity contribution in [3.8, 4) is 0 Å². The first-order chi connectivity index (χ1) is 9.33. The molecule has 1 unspecified atom stereocenters. The number of hydrogen-bond acceptors (Lipinski definition) is 2. The smallest absolute Gasteiger partial charge is 0.311 e. The quantitative estimate of drug-likeness (QED) is 0.926. The molecule has 1 N–H and O–H groups in total. The summed E-state index contributed by atoms with van der Waals surface area (Å²) in [5, 5.41) is 9.87. The topological polar surface area (TPSA) is 40.5 Å². The van der Waals surface area contributed by atoms with Crippen LogP contribution in [0.25, 0.3) is 0 Å². The van der Waals surface area contributed by atoms with Crippen LogP contribution in [0.1, 0.15) is 25.8 Å². The molecule has 0 saturated carbocycles. The molecule has 1 atom stereocenters. The summed E-state index contributed by atoms with van der Waals surface area (Å²) < 4.78 is 13.3. The fourth-order valence-corrected chi connectivity index (χ4v) is 3.15. The van der Waals surface area contributed by atoms with Gasteiger partial charge in [-0.1, -0.05) is 25.4 Å². The van der Waals surface area contributed by atoms with E-state index in [0.29, 0.717) is 31.1 Å².